The summed E-state index contributed by atoms with van der Waals surface area (Å²) in [6.07, 6.45) is 0. The van der Waals surface area contributed by atoms with Gasteiger partial charge in [0.1, 0.15) is 0 Å². The lowest BCUT2D eigenvalue weighted by molar-refractivity contribution is 0.145. The van der Waals surface area contributed by atoms with Crippen molar-refractivity contribution in [1.29, 1.82) is 0 Å². The second-order valence-corrected chi connectivity index (χ2v) is 11.5. The minimum atomic E-state index is -1.01. The van der Waals surface area contributed by atoms with Crippen LogP contribution in [-0.4, -0.2) is 19.8 Å². The monoisotopic (exact) mass is 188 g/mol. The molecule has 0 fully saturated rings. The summed E-state index contributed by atoms with van der Waals surface area (Å²) in [7, 11) is -1.01. The van der Waals surface area contributed by atoms with Crippen molar-refractivity contribution in [1.82, 2.24) is 0 Å². The van der Waals surface area contributed by atoms with Gasteiger partial charge in [-0.25, -0.2) is 0 Å². The molecule has 1 N–H and O–H groups in total. The zero-order chi connectivity index (χ0) is 9.99. The highest BCUT2D eigenvalue weighted by atomic mass is 28.3. The quantitative estimate of drug-likeness (QED) is 0.675. The van der Waals surface area contributed by atoms with Crippen molar-refractivity contribution >= 4 is 8.07 Å². The molecule has 0 aromatic rings. The van der Waals surface area contributed by atoms with Gasteiger partial charge in [0.25, 0.3) is 0 Å². The van der Waals surface area contributed by atoms with E-state index in [-0.39, 0.29) is 5.41 Å². The molecule has 0 aromatic carbocycles. The van der Waals surface area contributed by atoms with Crippen LogP contribution in [0, 0.1) is 11.3 Å². The average molecular weight is 188 g/mol. The minimum absolute atomic E-state index is 0.259. The molecule has 0 rings (SSSR count). The summed E-state index contributed by atoms with van der Waals surface area (Å²) in [5.74, 6) is 0.476. The third-order valence-electron chi connectivity index (χ3n) is 2.30. The molecule has 1 nitrogen and oxygen atoms in total. The van der Waals surface area contributed by atoms with Crippen LogP contribution in [0.2, 0.25) is 25.7 Å². The highest BCUT2D eigenvalue weighted by molar-refractivity contribution is 6.76. The van der Waals surface area contributed by atoms with Crippen LogP contribution in [0.1, 0.15) is 20.8 Å². The summed E-state index contributed by atoms with van der Waals surface area (Å²) < 4.78 is 0. The van der Waals surface area contributed by atoms with Crippen LogP contribution in [0.4, 0.5) is 0 Å². The lowest BCUT2D eigenvalue weighted by atomic mass is 9.82. The van der Waals surface area contributed by atoms with Crippen LogP contribution in [0.5, 0.6) is 0 Å². The first-order valence-electron chi connectivity index (χ1n) is 4.77. The summed E-state index contributed by atoms with van der Waals surface area (Å²) in [6, 6.07) is 1.23. The summed E-state index contributed by atoms with van der Waals surface area (Å²) in [6.45, 7) is 14.1. The Labute approximate surface area is 78.2 Å². The van der Waals surface area contributed by atoms with E-state index in [0.717, 1.165) is 0 Å². The smallest absolute Gasteiger partial charge is 0.0461 e. The van der Waals surface area contributed by atoms with E-state index >= 15 is 0 Å². The van der Waals surface area contributed by atoms with E-state index in [1.807, 2.05) is 0 Å². The summed E-state index contributed by atoms with van der Waals surface area (Å²) >= 11 is 0. The molecule has 0 aliphatic rings. The van der Waals surface area contributed by atoms with Crippen molar-refractivity contribution < 1.29 is 5.11 Å². The Balaban J connectivity index is 4.20. The number of hydrogen-bond acceptors (Lipinski definition) is 1. The Hall–Kier alpha value is 0.177. The van der Waals surface area contributed by atoms with E-state index in [9.17, 15) is 5.11 Å². The van der Waals surface area contributed by atoms with Gasteiger partial charge in [-0.1, -0.05) is 46.5 Å². The standard InChI is InChI=1S/C10H24OSi/c1-10(2,3)9(7-11)8-12(4,5)6/h9,11H,7-8H2,1-6H3. The molecule has 1 unspecified atom stereocenters. The molecular formula is C10H24OSi. The molecule has 2 heteroatoms. The second-order valence-electron chi connectivity index (χ2n) is 6.01. The number of rotatable bonds is 3. The van der Waals surface area contributed by atoms with Crippen LogP contribution in [0.3, 0.4) is 0 Å². The van der Waals surface area contributed by atoms with Crippen molar-refractivity contribution in [3.05, 3.63) is 0 Å². The Morgan fingerprint density at radius 2 is 1.58 bits per heavy atom. The number of aliphatic hydroxyl groups is 1. The van der Waals surface area contributed by atoms with Crippen molar-refractivity contribution in [3.8, 4) is 0 Å². The fraction of sp³-hybridized carbons (Fsp3) is 1.00. The van der Waals surface area contributed by atoms with Crippen LogP contribution in [-0.2, 0) is 0 Å². The van der Waals surface area contributed by atoms with Crippen LogP contribution in [0.15, 0.2) is 0 Å². The molecule has 12 heavy (non-hydrogen) atoms. The SMILES string of the molecule is CC(C)(C)C(CO)C[Si](C)(C)C. The molecule has 0 spiro atoms. The predicted octanol–water partition coefficient (Wildman–Crippen LogP) is 2.98. The molecule has 0 radical (unpaired) electrons. The van der Waals surface area contributed by atoms with Crippen molar-refractivity contribution in [2.75, 3.05) is 6.61 Å². The van der Waals surface area contributed by atoms with E-state index in [0.29, 0.717) is 12.5 Å². The normalized spacial score (nSPS) is 16.2. The van der Waals surface area contributed by atoms with E-state index in [1.54, 1.807) is 0 Å². The van der Waals surface area contributed by atoms with Gasteiger partial charge in [0.05, 0.1) is 0 Å². The third kappa shape index (κ3) is 4.94. The van der Waals surface area contributed by atoms with Gasteiger partial charge in [-0.2, -0.15) is 0 Å². The third-order valence-corrected chi connectivity index (χ3v) is 4.02. The highest BCUT2D eigenvalue weighted by Gasteiger charge is 2.28. The lowest BCUT2D eigenvalue weighted by Crippen LogP contribution is -2.32. The fourth-order valence-electron chi connectivity index (χ4n) is 1.38. The number of aliphatic hydroxyl groups excluding tert-OH is 1. The maximum atomic E-state index is 9.25. The Kier molecular flexibility index (Phi) is 3.98. The van der Waals surface area contributed by atoms with Gasteiger partial charge in [0.15, 0.2) is 0 Å². The van der Waals surface area contributed by atoms with Crippen molar-refractivity contribution in [2.24, 2.45) is 11.3 Å². The van der Waals surface area contributed by atoms with E-state index in [1.165, 1.54) is 6.04 Å². The van der Waals surface area contributed by atoms with Crippen molar-refractivity contribution in [3.63, 3.8) is 0 Å². The van der Waals surface area contributed by atoms with Gasteiger partial charge >= 0.3 is 0 Å². The Bertz CT molecular complexity index is 130. The van der Waals surface area contributed by atoms with Crippen LogP contribution >= 0.6 is 0 Å². The topological polar surface area (TPSA) is 20.2 Å². The van der Waals surface area contributed by atoms with E-state index < -0.39 is 8.07 Å². The maximum Gasteiger partial charge on any atom is 0.0461 e. The summed E-state index contributed by atoms with van der Waals surface area (Å²) in [5.41, 5.74) is 0.259. The van der Waals surface area contributed by atoms with E-state index in [2.05, 4.69) is 40.4 Å². The van der Waals surface area contributed by atoms with Gasteiger partial charge in [-0.05, 0) is 11.3 Å². The average Bonchev–Trinajstić information content (AvgIpc) is 1.78. The number of hydrogen-bond donors (Lipinski definition) is 1. The van der Waals surface area contributed by atoms with E-state index in [4.69, 9.17) is 0 Å². The first-order valence-corrected chi connectivity index (χ1v) is 8.48. The molecule has 0 saturated heterocycles. The molecule has 0 aromatic heterocycles. The Morgan fingerprint density at radius 1 is 1.17 bits per heavy atom. The predicted molar refractivity (Wildman–Crippen MR) is 58.2 cm³/mol. The fourth-order valence-corrected chi connectivity index (χ4v) is 3.60. The second kappa shape index (κ2) is 3.92. The molecule has 0 bridgehead atoms. The molecule has 0 aliphatic heterocycles. The molecule has 1 atom stereocenters. The van der Waals surface area contributed by atoms with Crippen molar-refractivity contribution in [2.45, 2.75) is 46.5 Å². The van der Waals surface area contributed by atoms with Gasteiger partial charge < -0.3 is 5.11 Å². The van der Waals surface area contributed by atoms with Gasteiger partial charge in [-0.3, -0.25) is 0 Å². The molecule has 74 valence electrons. The zero-order valence-corrected chi connectivity index (χ0v) is 10.4. The lowest BCUT2D eigenvalue weighted by Gasteiger charge is -2.33. The molecule has 0 saturated carbocycles. The summed E-state index contributed by atoms with van der Waals surface area (Å²) in [5, 5.41) is 9.25. The zero-order valence-electron chi connectivity index (χ0n) is 9.44. The maximum absolute atomic E-state index is 9.25. The highest BCUT2D eigenvalue weighted by Crippen LogP contribution is 2.32. The van der Waals surface area contributed by atoms with Gasteiger partial charge in [-0.15, -0.1) is 0 Å². The molecule has 0 amide bonds. The summed E-state index contributed by atoms with van der Waals surface area (Å²) in [4.78, 5) is 0. The first-order chi connectivity index (χ1) is 5.17. The molecule has 0 aliphatic carbocycles. The largest absolute Gasteiger partial charge is 0.396 e. The van der Waals surface area contributed by atoms with Crippen LogP contribution in [0.25, 0.3) is 0 Å². The van der Waals surface area contributed by atoms with Crippen LogP contribution < -0.4 is 0 Å². The molecule has 0 heterocycles. The molecular weight excluding hydrogens is 164 g/mol. The first kappa shape index (κ1) is 12.2. The van der Waals surface area contributed by atoms with Gasteiger partial charge in [0.2, 0.25) is 0 Å². The minimum Gasteiger partial charge on any atom is -0.396 e. The Morgan fingerprint density at radius 3 is 1.67 bits per heavy atom. The van der Waals surface area contributed by atoms with Gasteiger partial charge in [0, 0.05) is 14.7 Å².